The molecule has 0 amide bonds. The summed E-state index contributed by atoms with van der Waals surface area (Å²) in [7, 11) is 0. The van der Waals surface area contributed by atoms with Gasteiger partial charge in [0.15, 0.2) is 5.82 Å². The van der Waals surface area contributed by atoms with Gasteiger partial charge in [-0.15, -0.1) is 0 Å². The molecule has 0 radical (unpaired) electrons. The third-order valence-corrected chi connectivity index (χ3v) is 11.4. The van der Waals surface area contributed by atoms with Gasteiger partial charge in [-0.1, -0.05) is 194 Å². The number of aromatic nitrogens is 4. The maximum atomic E-state index is 5.40. The topological polar surface area (TPSA) is 43.1 Å². The zero-order valence-corrected chi connectivity index (χ0v) is 33.2. The van der Waals surface area contributed by atoms with Gasteiger partial charge in [0.05, 0.1) is 28.8 Å². The predicted octanol–water partition coefficient (Wildman–Crippen LogP) is 14.6. The van der Waals surface area contributed by atoms with E-state index in [1.54, 1.807) is 0 Å². The van der Waals surface area contributed by atoms with Crippen LogP contribution in [0.5, 0.6) is 0 Å². The first kappa shape index (κ1) is 35.9. The summed E-state index contributed by atoms with van der Waals surface area (Å²) in [4.78, 5) is 10.7. The monoisotopic (exact) mass is 778 g/mol. The van der Waals surface area contributed by atoms with Crippen molar-refractivity contribution in [1.29, 1.82) is 0 Å². The quantitative estimate of drug-likeness (QED) is 0.154. The fourth-order valence-electron chi connectivity index (χ4n) is 8.57. The maximum absolute atomic E-state index is 5.40. The van der Waals surface area contributed by atoms with Gasteiger partial charge in [0.2, 0.25) is 0 Å². The molecule has 0 fully saturated rings. The highest BCUT2D eigenvalue weighted by Gasteiger charge is 2.22. The Bertz CT molecular complexity index is 3270. The van der Waals surface area contributed by atoms with E-state index in [-0.39, 0.29) is 0 Å². The van der Waals surface area contributed by atoms with Crippen molar-refractivity contribution in [2.75, 3.05) is 0 Å². The molecule has 11 aromatic rings. The van der Waals surface area contributed by atoms with Crippen molar-refractivity contribution in [2.24, 2.45) is 0 Å². The predicted molar refractivity (Wildman–Crippen MR) is 252 cm³/mol. The van der Waals surface area contributed by atoms with Crippen LogP contribution in [-0.2, 0) is 0 Å². The van der Waals surface area contributed by atoms with Crippen molar-refractivity contribution in [2.45, 2.75) is 0 Å². The molecule has 0 unspecified atom stereocenters. The summed E-state index contributed by atoms with van der Waals surface area (Å²) in [5.74, 6) is 0.665. The molecule has 3 aromatic heterocycles. The SMILES string of the molecule is c1ccc(-c2cc(-c3ccccc3)cc(-c3nc(-c4ccccc4)cc(-c4cccc(-c5c(-c6ccccc6)n6ncc(-c7ccccc7)c6c6ccccc56)c4)n3)c2)cc1. The molecule has 0 N–H and O–H groups in total. The molecular weight excluding hydrogens is 741 g/mol. The Morgan fingerprint density at radius 2 is 0.754 bits per heavy atom. The Hall–Kier alpha value is -8.21. The van der Waals surface area contributed by atoms with Crippen LogP contribution < -0.4 is 0 Å². The van der Waals surface area contributed by atoms with Gasteiger partial charge in [0, 0.05) is 38.8 Å². The molecule has 4 nitrogen and oxygen atoms in total. The molecule has 3 heterocycles. The summed E-state index contributed by atoms with van der Waals surface area (Å²) < 4.78 is 2.14. The van der Waals surface area contributed by atoms with E-state index in [1.165, 1.54) is 0 Å². The summed E-state index contributed by atoms with van der Waals surface area (Å²) in [6, 6.07) is 78.9. The summed E-state index contributed by atoms with van der Waals surface area (Å²) >= 11 is 0. The van der Waals surface area contributed by atoms with Gasteiger partial charge in [-0.05, 0) is 69.1 Å². The molecule has 0 aliphatic rings. The van der Waals surface area contributed by atoms with Crippen LogP contribution >= 0.6 is 0 Å². The molecular formula is C57H38N4. The Balaban J connectivity index is 1.14. The highest BCUT2D eigenvalue weighted by atomic mass is 15.2. The number of benzene rings is 8. The molecule has 0 spiro atoms. The van der Waals surface area contributed by atoms with Crippen molar-refractivity contribution in [1.82, 2.24) is 19.6 Å². The fourth-order valence-corrected chi connectivity index (χ4v) is 8.57. The van der Waals surface area contributed by atoms with E-state index in [9.17, 15) is 0 Å². The molecule has 4 heteroatoms. The summed E-state index contributed by atoms with van der Waals surface area (Å²) in [5.41, 5.74) is 16.8. The molecule has 286 valence electrons. The molecule has 0 bridgehead atoms. The fraction of sp³-hybridized carbons (Fsp3) is 0. The minimum atomic E-state index is 0.665. The number of hydrogen-bond donors (Lipinski definition) is 0. The smallest absolute Gasteiger partial charge is 0.160 e. The van der Waals surface area contributed by atoms with Crippen LogP contribution in [0.4, 0.5) is 0 Å². The zero-order valence-electron chi connectivity index (χ0n) is 33.2. The number of hydrogen-bond acceptors (Lipinski definition) is 3. The lowest BCUT2D eigenvalue weighted by Gasteiger charge is -2.18. The Labute approximate surface area is 354 Å². The van der Waals surface area contributed by atoms with E-state index in [2.05, 4.69) is 223 Å². The normalized spacial score (nSPS) is 11.3. The van der Waals surface area contributed by atoms with E-state index in [0.29, 0.717) is 5.82 Å². The van der Waals surface area contributed by atoms with Crippen LogP contribution in [0.15, 0.2) is 231 Å². The maximum Gasteiger partial charge on any atom is 0.160 e. The van der Waals surface area contributed by atoms with Gasteiger partial charge in [-0.25, -0.2) is 14.5 Å². The van der Waals surface area contributed by atoms with E-state index in [4.69, 9.17) is 15.1 Å². The highest BCUT2D eigenvalue weighted by Crippen LogP contribution is 2.44. The van der Waals surface area contributed by atoms with Gasteiger partial charge in [0.1, 0.15) is 0 Å². The first-order valence-electron chi connectivity index (χ1n) is 20.6. The summed E-state index contributed by atoms with van der Waals surface area (Å²) in [6.07, 6.45) is 2.01. The second-order valence-corrected chi connectivity index (χ2v) is 15.3. The molecule has 0 aliphatic heterocycles. The lowest BCUT2D eigenvalue weighted by Crippen LogP contribution is -2.00. The Morgan fingerprint density at radius 1 is 0.311 bits per heavy atom. The molecule has 0 atom stereocenters. The minimum absolute atomic E-state index is 0.665. The van der Waals surface area contributed by atoms with Crippen molar-refractivity contribution in [3.05, 3.63) is 231 Å². The van der Waals surface area contributed by atoms with E-state index >= 15 is 0 Å². The number of pyridine rings is 1. The largest absolute Gasteiger partial charge is 0.231 e. The van der Waals surface area contributed by atoms with E-state index in [0.717, 1.165) is 100 Å². The van der Waals surface area contributed by atoms with Crippen LogP contribution in [-0.4, -0.2) is 19.6 Å². The van der Waals surface area contributed by atoms with Crippen LogP contribution in [0.2, 0.25) is 0 Å². The van der Waals surface area contributed by atoms with Crippen molar-refractivity contribution < 1.29 is 0 Å². The van der Waals surface area contributed by atoms with Gasteiger partial charge < -0.3 is 0 Å². The van der Waals surface area contributed by atoms with E-state index in [1.807, 2.05) is 12.3 Å². The van der Waals surface area contributed by atoms with Crippen molar-refractivity contribution >= 4 is 16.3 Å². The average molecular weight is 779 g/mol. The Morgan fingerprint density at radius 3 is 1.36 bits per heavy atom. The first-order chi connectivity index (χ1) is 30.2. The molecule has 0 aliphatic carbocycles. The van der Waals surface area contributed by atoms with Gasteiger partial charge in [-0.2, -0.15) is 5.10 Å². The lowest BCUT2D eigenvalue weighted by molar-refractivity contribution is 0.976. The second-order valence-electron chi connectivity index (χ2n) is 15.3. The summed E-state index contributed by atoms with van der Waals surface area (Å²) in [5, 5.41) is 7.43. The lowest BCUT2D eigenvalue weighted by atomic mass is 9.91. The molecule has 0 saturated carbocycles. The molecule has 0 saturated heterocycles. The highest BCUT2D eigenvalue weighted by molar-refractivity contribution is 6.13. The number of nitrogens with zero attached hydrogens (tertiary/aromatic N) is 4. The number of fused-ring (bicyclic) bond motifs is 3. The molecule has 61 heavy (non-hydrogen) atoms. The van der Waals surface area contributed by atoms with Gasteiger partial charge >= 0.3 is 0 Å². The number of rotatable bonds is 8. The van der Waals surface area contributed by atoms with Gasteiger partial charge in [0.25, 0.3) is 0 Å². The van der Waals surface area contributed by atoms with Crippen molar-refractivity contribution in [3.8, 4) is 89.7 Å². The van der Waals surface area contributed by atoms with Crippen LogP contribution in [0, 0.1) is 0 Å². The molecule has 11 rings (SSSR count). The van der Waals surface area contributed by atoms with Crippen LogP contribution in [0.25, 0.3) is 106 Å². The Kier molecular flexibility index (Phi) is 9.14. The van der Waals surface area contributed by atoms with Crippen LogP contribution in [0.3, 0.4) is 0 Å². The summed E-state index contributed by atoms with van der Waals surface area (Å²) in [6.45, 7) is 0. The first-order valence-corrected chi connectivity index (χ1v) is 20.6. The van der Waals surface area contributed by atoms with E-state index < -0.39 is 0 Å². The minimum Gasteiger partial charge on any atom is -0.231 e. The second kappa shape index (κ2) is 15.5. The third kappa shape index (κ3) is 6.76. The third-order valence-electron chi connectivity index (χ3n) is 11.4. The zero-order chi connectivity index (χ0) is 40.5. The van der Waals surface area contributed by atoms with Crippen molar-refractivity contribution in [3.63, 3.8) is 0 Å². The van der Waals surface area contributed by atoms with Gasteiger partial charge in [-0.3, -0.25) is 0 Å². The average Bonchev–Trinajstić information content (AvgIpc) is 3.80. The van der Waals surface area contributed by atoms with Crippen LogP contribution in [0.1, 0.15) is 0 Å². The molecule has 8 aromatic carbocycles. The standard InChI is InChI=1S/C57H38N4/c1-6-19-39(20-7-1)46-34-47(40-21-8-2-9-22-40)36-48(35-46)57-59-52(42-25-12-4-13-26-42)37-53(60-57)44-29-18-30-45(33-44)54-49-31-16-17-32-50(49)56-51(41-23-10-3-11-24-41)38-58-61(56)55(54)43-27-14-5-15-28-43/h1-38H.